The molecule has 2 aliphatic heterocycles. The van der Waals surface area contributed by atoms with Gasteiger partial charge < -0.3 is 15.5 Å². The lowest BCUT2D eigenvalue weighted by molar-refractivity contribution is -0.133. The monoisotopic (exact) mass is 570 g/mol. The summed E-state index contributed by atoms with van der Waals surface area (Å²) >= 11 is 0. The number of guanidine groups is 1. The predicted octanol–water partition coefficient (Wildman–Crippen LogP) is 2.90. The van der Waals surface area contributed by atoms with Crippen LogP contribution >= 0.6 is 24.0 Å². The number of nitrogens with zero attached hydrogens (tertiary/aromatic N) is 4. The number of rotatable bonds is 9. The van der Waals surface area contributed by atoms with Crippen LogP contribution in [0.4, 0.5) is 0 Å². The fourth-order valence-electron chi connectivity index (χ4n) is 4.71. The van der Waals surface area contributed by atoms with E-state index in [1.807, 2.05) is 21.1 Å². The molecule has 2 N–H and O–H groups in total. The number of likely N-dealkylation sites (tertiary alicyclic amines) is 2. The van der Waals surface area contributed by atoms with Crippen LogP contribution in [0, 0.1) is 0 Å². The van der Waals surface area contributed by atoms with Gasteiger partial charge in [0.15, 0.2) is 5.96 Å². The summed E-state index contributed by atoms with van der Waals surface area (Å²) in [6.07, 6.45) is 7.12. The average molecular weight is 571 g/mol. The minimum Gasteiger partial charge on any atom is -0.356 e. The Morgan fingerprint density at radius 2 is 1.73 bits per heavy atom. The van der Waals surface area contributed by atoms with Crippen molar-refractivity contribution >= 4 is 35.8 Å². The van der Waals surface area contributed by atoms with Crippen molar-refractivity contribution < 1.29 is 4.79 Å². The Morgan fingerprint density at radius 3 is 2.39 bits per heavy atom. The smallest absolute Gasteiger partial charge is 0.239 e. The number of likely N-dealkylation sites (N-methyl/N-ethyl adjacent to an activating group) is 1. The summed E-state index contributed by atoms with van der Waals surface area (Å²) in [5.74, 6) is 1.06. The van der Waals surface area contributed by atoms with Gasteiger partial charge in [0.25, 0.3) is 0 Å². The van der Waals surface area contributed by atoms with E-state index in [2.05, 4.69) is 49.7 Å². The zero-order chi connectivity index (χ0) is 22.8. The zero-order valence-electron chi connectivity index (χ0n) is 20.7. The molecular weight excluding hydrogens is 527 g/mol. The molecule has 0 aromatic heterocycles. The van der Waals surface area contributed by atoms with Gasteiger partial charge in [-0.05, 0) is 62.9 Å². The van der Waals surface area contributed by atoms with Gasteiger partial charge >= 0.3 is 0 Å². The second-order valence-corrected chi connectivity index (χ2v) is 9.29. The highest BCUT2D eigenvalue weighted by Crippen LogP contribution is 2.18. The molecule has 7 nitrogen and oxygen atoms in total. The SMILES string of the molecule is CN=C(NCCCN1CCCC1C(=O)N(C)C)NCc1ccc(CN2CCCCC2)cc1.I. The van der Waals surface area contributed by atoms with Crippen LogP contribution in [0.25, 0.3) is 0 Å². The van der Waals surface area contributed by atoms with Crippen molar-refractivity contribution in [3.05, 3.63) is 35.4 Å². The molecule has 1 amide bonds. The van der Waals surface area contributed by atoms with E-state index in [-0.39, 0.29) is 35.9 Å². The predicted molar refractivity (Wildman–Crippen MR) is 147 cm³/mol. The Morgan fingerprint density at radius 1 is 1.03 bits per heavy atom. The summed E-state index contributed by atoms with van der Waals surface area (Å²) in [4.78, 5) is 23.3. The summed E-state index contributed by atoms with van der Waals surface area (Å²) in [5.41, 5.74) is 2.66. The first-order chi connectivity index (χ1) is 15.6. The van der Waals surface area contributed by atoms with Crippen molar-refractivity contribution in [2.24, 2.45) is 4.99 Å². The maximum absolute atomic E-state index is 12.3. The third-order valence-corrected chi connectivity index (χ3v) is 6.57. The number of piperidine rings is 1. The van der Waals surface area contributed by atoms with Gasteiger partial charge in [-0.1, -0.05) is 30.7 Å². The minimum absolute atomic E-state index is 0. The topological polar surface area (TPSA) is 63.2 Å². The van der Waals surface area contributed by atoms with E-state index in [0.717, 1.165) is 57.9 Å². The van der Waals surface area contributed by atoms with Crippen molar-refractivity contribution in [1.82, 2.24) is 25.3 Å². The van der Waals surface area contributed by atoms with Crippen LogP contribution in [0.2, 0.25) is 0 Å². The summed E-state index contributed by atoms with van der Waals surface area (Å²) in [7, 11) is 5.50. The Bertz CT molecular complexity index is 733. The van der Waals surface area contributed by atoms with E-state index in [1.54, 1.807) is 4.90 Å². The molecule has 0 bridgehead atoms. The number of halogens is 1. The van der Waals surface area contributed by atoms with E-state index < -0.39 is 0 Å². The molecule has 0 aliphatic carbocycles. The van der Waals surface area contributed by atoms with Crippen LogP contribution in [0.15, 0.2) is 29.3 Å². The van der Waals surface area contributed by atoms with E-state index >= 15 is 0 Å². The molecule has 0 saturated carbocycles. The minimum atomic E-state index is 0. The molecule has 1 unspecified atom stereocenters. The van der Waals surface area contributed by atoms with Gasteiger partial charge in [0.2, 0.25) is 5.91 Å². The zero-order valence-corrected chi connectivity index (χ0v) is 23.0. The number of nitrogens with one attached hydrogen (secondary N) is 2. The highest BCUT2D eigenvalue weighted by molar-refractivity contribution is 14.0. The highest BCUT2D eigenvalue weighted by atomic mass is 127. The molecule has 0 radical (unpaired) electrons. The largest absolute Gasteiger partial charge is 0.356 e. The molecule has 8 heteroatoms. The number of amides is 1. The lowest BCUT2D eigenvalue weighted by Gasteiger charge is -2.26. The maximum Gasteiger partial charge on any atom is 0.239 e. The van der Waals surface area contributed by atoms with Crippen molar-refractivity contribution in [2.75, 3.05) is 53.9 Å². The average Bonchev–Trinajstić information content (AvgIpc) is 3.28. The number of hydrogen-bond acceptors (Lipinski definition) is 4. The second-order valence-electron chi connectivity index (χ2n) is 9.29. The lowest BCUT2D eigenvalue weighted by atomic mass is 10.1. The quantitative estimate of drug-likeness (QED) is 0.207. The van der Waals surface area contributed by atoms with Crippen LogP contribution in [0.5, 0.6) is 0 Å². The third kappa shape index (κ3) is 9.05. The van der Waals surface area contributed by atoms with Gasteiger partial charge in [0.05, 0.1) is 6.04 Å². The third-order valence-electron chi connectivity index (χ3n) is 6.57. The Kier molecular flexibility index (Phi) is 12.5. The van der Waals surface area contributed by atoms with Gasteiger partial charge in [-0.15, -0.1) is 24.0 Å². The molecule has 0 spiro atoms. The Hall–Kier alpha value is -1.39. The van der Waals surface area contributed by atoms with Crippen molar-refractivity contribution in [3.8, 4) is 0 Å². The molecule has 1 aromatic carbocycles. The number of carbonyl (C=O) groups excluding carboxylic acids is 1. The molecule has 186 valence electrons. The van der Waals surface area contributed by atoms with E-state index in [9.17, 15) is 4.79 Å². The van der Waals surface area contributed by atoms with Crippen molar-refractivity contribution in [3.63, 3.8) is 0 Å². The first-order valence-electron chi connectivity index (χ1n) is 12.3. The standard InChI is InChI=1S/C25H42N6O.HI/c1-26-25(27-14-8-18-31-17-7-9-23(31)24(32)29(2)3)28-19-21-10-12-22(13-11-21)20-30-15-5-4-6-16-30;/h10-13,23H,4-9,14-20H2,1-3H3,(H2,26,27,28);1H. The molecule has 2 aliphatic rings. The van der Waals surface area contributed by atoms with Crippen LogP contribution in [-0.4, -0.2) is 86.5 Å². The van der Waals surface area contributed by atoms with E-state index in [1.165, 1.54) is 43.5 Å². The van der Waals surface area contributed by atoms with Gasteiger partial charge in [-0.3, -0.25) is 19.6 Å². The van der Waals surface area contributed by atoms with Gasteiger partial charge in [-0.25, -0.2) is 0 Å². The number of aliphatic imine (C=N–C) groups is 1. The molecule has 2 fully saturated rings. The van der Waals surface area contributed by atoms with E-state index in [0.29, 0.717) is 0 Å². The fraction of sp³-hybridized carbons (Fsp3) is 0.680. The molecule has 2 heterocycles. The maximum atomic E-state index is 12.3. The van der Waals surface area contributed by atoms with Crippen LogP contribution in [0.3, 0.4) is 0 Å². The van der Waals surface area contributed by atoms with Crippen molar-refractivity contribution in [1.29, 1.82) is 0 Å². The first-order valence-corrected chi connectivity index (χ1v) is 12.3. The molecule has 33 heavy (non-hydrogen) atoms. The van der Waals surface area contributed by atoms with Crippen LogP contribution in [0.1, 0.15) is 49.7 Å². The van der Waals surface area contributed by atoms with Gasteiger partial charge in [0, 0.05) is 47.3 Å². The summed E-state index contributed by atoms with van der Waals surface area (Å²) in [6, 6.07) is 9.00. The summed E-state index contributed by atoms with van der Waals surface area (Å²) in [5, 5.41) is 6.82. The Balaban J connectivity index is 0.00000385. The molecule has 1 atom stereocenters. The molecule has 2 saturated heterocycles. The number of benzene rings is 1. The molecule has 3 rings (SSSR count). The van der Waals surface area contributed by atoms with Crippen LogP contribution in [-0.2, 0) is 17.9 Å². The normalized spacial score (nSPS) is 19.7. The molecule has 1 aromatic rings. The van der Waals surface area contributed by atoms with E-state index in [4.69, 9.17) is 0 Å². The Labute approximate surface area is 217 Å². The summed E-state index contributed by atoms with van der Waals surface area (Å²) < 4.78 is 0. The lowest BCUT2D eigenvalue weighted by Crippen LogP contribution is -2.44. The molecular formula is C25H43IN6O. The summed E-state index contributed by atoms with van der Waals surface area (Å²) in [6.45, 7) is 7.08. The first kappa shape index (κ1) is 27.9. The van der Waals surface area contributed by atoms with Crippen molar-refractivity contribution in [2.45, 2.75) is 57.7 Å². The van der Waals surface area contributed by atoms with Gasteiger partial charge in [-0.2, -0.15) is 0 Å². The fourth-order valence-corrected chi connectivity index (χ4v) is 4.71. The van der Waals surface area contributed by atoms with Gasteiger partial charge in [0.1, 0.15) is 0 Å². The number of carbonyl (C=O) groups is 1. The number of hydrogen-bond donors (Lipinski definition) is 2. The highest BCUT2D eigenvalue weighted by Gasteiger charge is 2.30. The second kappa shape index (κ2) is 14.8. The van der Waals surface area contributed by atoms with Crippen LogP contribution < -0.4 is 10.6 Å².